The van der Waals surface area contributed by atoms with Gasteiger partial charge in [-0.25, -0.2) is 4.79 Å². The van der Waals surface area contributed by atoms with Gasteiger partial charge in [0.15, 0.2) is 0 Å². The van der Waals surface area contributed by atoms with Crippen LogP contribution in [0.2, 0.25) is 0 Å². The summed E-state index contributed by atoms with van der Waals surface area (Å²) < 4.78 is 1.07. The molecule has 0 aliphatic carbocycles. The van der Waals surface area contributed by atoms with E-state index in [1.165, 1.54) is 5.56 Å². The first kappa shape index (κ1) is 16.0. The molecular weight excluding hydrogens is 306 g/mol. The van der Waals surface area contributed by atoms with Gasteiger partial charge in [-0.3, -0.25) is 0 Å². The fourth-order valence-corrected chi connectivity index (χ4v) is 2.12. The van der Waals surface area contributed by atoms with Gasteiger partial charge in [-0.15, -0.1) is 0 Å². The molecule has 1 rings (SSSR count). The lowest BCUT2D eigenvalue weighted by Crippen LogP contribution is -2.37. The number of carbonyl (C=O) groups is 1. The van der Waals surface area contributed by atoms with Crippen LogP contribution >= 0.6 is 15.9 Å². The largest absolute Gasteiger partial charge is 0.338 e. The Kier molecular flexibility index (Phi) is 7.52. The van der Waals surface area contributed by atoms with E-state index in [0.29, 0.717) is 13.1 Å². The van der Waals surface area contributed by atoms with Gasteiger partial charge in [-0.05, 0) is 51.2 Å². The highest BCUT2D eigenvalue weighted by Gasteiger charge is 2.00. The molecule has 0 bridgehead atoms. The molecule has 106 valence electrons. The molecule has 0 saturated heterocycles. The van der Waals surface area contributed by atoms with E-state index in [4.69, 9.17) is 0 Å². The fourth-order valence-electron chi connectivity index (χ4n) is 1.67. The monoisotopic (exact) mass is 327 g/mol. The van der Waals surface area contributed by atoms with Crippen LogP contribution in [0, 0.1) is 0 Å². The summed E-state index contributed by atoms with van der Waals surface area (Å²) in [4.78, 5) is 13.6. The van der Waals surface area contributed by atoms with Crippen LogP contribution in [-0.4, -0.2) is 44.7 Å². The van der Waals surface area contributed by atoms with Crippen LogP contribution in [0.25, 0.3) is 0 Å². The van der Waals surface area contributed by atoms with Crippen LogP contribution < -0.4 is 10.6 Å². The van der Waals surface area contributed by atoms with Crippen molar-refractivity contribution in [2.24, 2.45) is 0 Å². The van der Waals surface area contributed by atoms with Crippen molar-refractivity contribution in [1.82, 2.24) is 15.5 Å². The number of nitrogens with zero attached hydrogens (tertiary/aromatic N) is 1. The van der Waals surface area contributed by atoms with E-state index in [0.717, 1.165) is 23.9 Å². The predicted molar refractivity (Wildman–Crippen MR) is 82.4 cm³/mol. The Morgan fingerprint density at radius 1 is 1.26 bits per heavy atom. The highest BCUT2D eigenvalue weighted by molar-refractivity contribution is 9.10. The van der Waals surface area contributed by atoms with Gasteiger partial charge in [-0.2, -0.15) is 0 Å². The number of carbonyl (C=O) groups excluding carboxylic acids is 1. The lowest BCUT2D eigenvalue weighted by molar-refractivity contribution is 0.240. The zero-order valence-corrected chi connectivity index (χ0v) is 13.2. The van der Waals surface area contributed by atoms with Gasteiger partial charge in [0.05, 0.1) is 0 Å². The van der Waals surface area contributed by atoms with Crippen LogP contribution in [0.4, 0.5) is 4.79 Å². The molecule has 0 atom stereocenters. The number of rotatable bonds is 7. The molecule has 0 radical (unpaired) electrons. The van der Waals surface area contributed by atoms with Crippen LogP contribution in [0.5, 0.6) is 0 Å². The molecule has 5 heteroatoms. The summed E-state index contributed by atoms with van der Waals surface area (Å²) in [6.45, 7) is 2.34. The van der Waals surface area contributed by atoms with E-state index in [9.17, 15) is 4.79 Å². The molecule has 0 fully saturated rings. The van der Waals surface area contributed by atoms with E-state index in [1.54, 1.807) is 0 Å². The average molecular weight is 328 g/mol. The van der Waals surface area contributed by atoms with Gasteiger partial charge in [0.2, 0.25) is 0 Å². The summed E-state index contributed by atoms with van der Waals surface area (Å²) in [6.07, 6.45) is 1.80. The minimum atomic E-state index is -0.0891. The third-order valence-corrected chi connectivity index (χ3v) is 3.15. The quantitative estimate of drug-likeness (QED) is 0.754. The van der Waals surface area contributed by atoms with E-state index in [1.807, 2.05) is 26.2 Å². The molecule has 4 nitrogen and oxygen atoms in total. The Bertz CT molecular complexity index is 396. The molecule has 0 aliphatic rings. The van der Waals surface area contributed by atoms with Crippen LogP contribution in [0.1, 0.15) is 12.0 Å². The maximum Gasteiger partial charge on any atom is 0.314 e. The highest BCUT2D eigenvalue weighted by Crippen LogP contribution is 2.11. The molecule has 0 spiro atoms. The SMILES string of the molecule is CN(C)CCCNC(=O)NCCc1cccc(Br)c1. The van der Waals surface area contributed by atoms with E-state index >= 15 is 0 Å². The summed E-state index contributed by atoms with van der Waals surface area (Å²) in [6, 6.07) is 8.03. The molecule has 0 saturated carbocycles. The Balaban J connectivity index is 2.10. The van der Waals surface area contributed by atoms with Crippen molar-refractivity contribution in [2.45, 2.75) is 12.8 Å². The lowest BCUT2D eigenvalue weighted by Gasteiger charge is -2.10. The van der Waals surface area contributed by atoms with Gasteiger partial charge < -0.3 is 15.5 Å². The van der Waals surface area contributed by atoms with Gasteiger partial charge >= 0.3 is 6.03 Å². The van der Waals surface area contributed by atoms with Gasteiger partial charge in [0.25, 0.3) is 0 Å². The Morgan fingerprint density at radius 3 is 2.68 bits per heavy atom. The van der Waals surface area contributed by atoms with Crippen LogP contribution in [0.3, 0.4) is 0 Å². The smallest absolute Gasteiger partial charge is 0.314 e. The molecule has 0 aliphatic heterocycles. The normalized spacial score (nSPS) is 10.5. The van der Waals surface area contributed by atoms with E-state index in [2.05, 4.69) is 43.6 Å². The number of benzene rings is 1. The minimum absolute atomic E-state index is 0.0891. The third kappa shape index (κ3) is 7.85. The second-order valence-corrected chi connectivity index (χ2v) is 5.64. The van der Waals surface area contributed by atoms with E-state index < -0.39 is 0 Å². The molecule has 1 aromatic carbocycles. The summed E-state index contributed by atoms with van der Waals surface area (Å²) in [5.74, 6) is 0. The molecule has 0 aromatic heterocycles. The molecule has 0 unspecified atom stereocenters. The lowest BCUT2D eigenvalue weighted by atomic mass is 10.1. The zero-order valence-electron chi connectivity index (χ0n) is 11.6. The van der Waals surface area contributed by atoms with Crippen molar-refractivity contribution < 1.29 is 4.79 Å². The molecule has 2 N–H and O–H groups in total. The summed E-state index contributed by atoms with van der Waals surface area (Å²) in [7, 11) is 4.05. The summed E-state index contributed by atoms with van der Waals surface area (Å²) >= 11 is 3.43. The zero-order chi connectivity index (χ0) is 14.1. The van der Waals surface area contributed by atoms with E-state index in [-0.39, 0.29) is 6.03 Å². The van der Waals surface area contributed by atoms with Crippen molar-refractivity contribution in [3.8, 4) is 0 Å². The Hall–Kier alpha value is -1.07. The van der Waals surface area contributed by atoms with Gasteiger partial charge in [0.1, 0.15) is 0 Å². The van der Waals surface area contributed by atoms with Gasteiger partial charge in [-0.1, -0.05) is 28.1 Å². The third-order valence-electron chi connectivity index (χ3n) is 2.66. The predicted octanol–water partition coefficient (Wildman–Crippen LogP) is 2.24. The Morgan fingerprint density at radius 2 is 2.00 bits per heavy atom. The van der Waals surface area contributed by atoms with Crippen molar-refractivity contribution in [3.63, 3.8) is 0 Å². The van der Waals surface area contributed by atoms with Crippen LogP contribution in [0.15, 0.2) is 28.7 Å². The Labute approximate surface area is 123 Å². The highest BCUT2D eigenvalue weighted by atomic mass is 79.9. The number of amides is 2. The molecule has 1 aromatic rings. The molecule has 19 heavy (non-hydrogen) atoms. The number of urea groups is 1. The van der Waals surface area contributed by atoms with Crippen molar-refractivity contribution in [2.75, 3.05) is 33.7 Å². The second kappa shape index (κ2) is 8.93. The number of hydrogen-bond donors (Lipinski definition) is 2. The average Bonchev–Trinajstić information content (AvgIpc) is 2.34. The second-order valence-electron chi connectivity index (χ2n) is 4.72. The summed E-state index contributed by atoms with van der Waals surface area (Å²) in [5.41, 5.74) is 1.21. The van der Waals surface area contributed by atoms with Crippen LogP contribution in [-0.2, 0) is 6.42 Å². The molecule has 2 amide bonds. The standard InChI is InChI=1S/C14H22BrN3O/c1-18(2)10-4-8-16-14(19)17-9-7-12-5-3-6-13(15)11-12/h3,5-6,11H,4,7-10H2,1-2H3,(H2,16,17,19). The first-order valence-electron chi connectivity index (χ1n) is 6.49. The first-order valence-corrected chi connectivity index (χ1v) is 7.28. The number of nitrogens with one attached hydrogen (secondary N) is 2. The minimum Gasteiger partial charge on any atom is -0.338 e. The first-order chi connectivity index (χ1) is 9.08. The van der Waals surface area contributed by atoms with Gasteiger partial charge in [0, 0.05) is 17.6 Å². The molecular formula is C14H22BrN3O. The van der Waals surface area contributed by atoms with Crippen molar-refractivity contribution >= 4 is 22.0 Å². The summed E-state index contributed by atoms with van der Waals surface area (Å²) in [5, 5.41) is 5.71. The molecule has 0 heterocycles. The van der Waals surface area contributed by atoms with Crippen molar-refractivity contribution in [1.29, 1.82) is 0 Å². The van der Waals surface area contributed by atoms with Crippen molar-refractivity contribution in [3.05, 3.63) is 34.3 Å². The number of halogens is 1. The fraction of sp³-hybridized carbons (Fsp3) is 0.500. The number of hydrogen-bond acceptors (Lipinski definition) is 2. The topological polar surface area (TPSA) is 44.4 Å². The maximum atomic E-state index is 11.5. The maximum absolute atomic E-state index is 11.5.